The number of carbonyl (C=O) groups excluding carboxylic acids is 2. The van der Waals surface area contributed by atoms with E-state index in [9.17, 15) is 18.0 Å². The molecule has 0 atom stereocenters. The molecule has 0 aliphatic heterocycles. The Balaban J connectivity index is 1.58. The van der Waals surface area contributed by atoms with Gasteiger partial charge in [-0.2, -0.15) is 0 Å². The maximum absolute atomic E-state index is 12.3. The van der Waals surface area contributed by atoms with Crippen LogP contribution >= 0.6 is 0 Å². The van der Waals surface area contributed by atoms with Crippen molar-refractivity contribution in [2.75, 3.05) is 12.4 Å². The van der Waals surface area contributed by atoms with Gasteiger partial charge in [-0.25, -0.2) is 13.1 Å². The normalized spacial score (nSPS) is 13.8. The molecule has 0 unspecified atom stereocenters. The Labute approximate surface area is 164 Å². The number of nitrogens with one attached hydrogen (secondary N) is 3. The van der Waals surface area contributed by atoms with Gasteiger partial charge in [-0.15, -0.1) is 0 Å². The Morgan fingerprint density at radius 1 is 1.04 bits per heavy atom. The largest absolute Gasteiger partial charge is 0.349 e. The van der Waals surface area contributed by atoms with E-state index in [0.29, 0.717) is 17.7 Å². The topological polar surface area (TPSA) is 104 Å². The molecule has 1 saturated carbocycles. The maximum Gasteiger partial charge on any atom is 0.253 e. The van der Waals surface area contributed by atoms with Crippen molar-refractivity contribution in [3.8, 4) is 0 Å². The van der Waals surface area contributed by atoms with E-state index < -0.39 is 10.0 Å². The minimum absolute atomic E-state index is 0.179. The van der Waals surface area contributed by atoms with Crippen molar-refractivity contribution in [2.24, 2.45) is 0 Å². The fraction of sp³-hybridized carbons (Fsp3) is 0.300. The van der Waals surface area contributed by atoms with Gasteiger partial charge in [-0.05, 0) is 56.1 Å². The molecule has 1 fully saturated rings. The minimum atomic E-state index is -3.47. The molecular weight excluding hydrogens is 378 g/mol. The summed E-state index contributed by atoms with van der Waals surface area (Å²) in [7, 11) is -2.11. The summed E-state index contributed by atoms with van der Waals surface area (Å²) in [6.07, 6.45) is 2.67. The minimum Gasteiger partial charge on any atom is -0.349 e. The van der Waals surface area contributed by atoms with Gasteiger partial charge in [0.1, 0.15) is 0 Å². The third-order valence-electron chi connectivity index (χ3n) is 4.50. The molecule has 7 nitrogen and oxygen atoms in total. The van der Waals surface area contributed by atoms with E-state index in [4.69, 9.17) is 0 Å². The smallest absolute Gasteiger partial charge is 0.253 e. The average molecular weight is 401 g/mol. The van der Waals surface area contributed by atoms with Gasteiger partial charge in [0.2, 0.25) is 15.9 Å². The van der Waals surface area contributed by atoms with E-state index in [1.165, 1.54) is 19.2 Å². The molecule has 3 rings (SSSR count). The van der Waals surface area contributed by atoms with E-state index in [0.717, 1.165) is 18.4 Å². The highest BCUT2D eigenvalue weighted by Crippen LogP contribution is 2.22. The van der Waals surface area contributed by atoms with Gasteiger partial charge in [0.25, 0.3) is 5.91 Å². The molecular formula is C20H23N3O4S. The zero-order valence-electron chi connectivity index (χ0n) is 15.6. The molecule has 0 aromatic heterocycles. The lowest BCUT2D eigenvalue weighted by Gasteiger charge is -2.11. The quantitative estimate of drug-likeness (QED) is 0.630. The summed E-state index contributed by atoms with van der Waals surface area (Å²) in [5, 5.41) is 5.71. The molecule has 0 saturated heterocycles. The highest BCUT2D eigenvalue weighted by atomic mass is 32.2. The fourth-order valence-electron chi connectivity index (χ4n) is 2.70. The second-order valence-electron chi connectivity index (χ2n) is 6.69. The monoisotopic (exact) mass is 401 g/mol. The first-order valence-corrected chi connectivity index (χ1v) is 10.6. The number of sulfonamides is 1. The zero-order valence-corrected chi connectivity index (χ0v) is 16.4. The van der Waals surface area contributed by atoms with Crippen LogP contribution in [0.15, 0.2) is 53.4 Å². The molecule has 2 aromatic carbocycles. The number of amides is 2. The van der Waals surface area contributed by atoms with Crippen molar-refractivity contribution in [1.82, 2.24) is 10.0 Å². The lowest BCUT2D eigenvalue weighted by atomic mass is 10.1. The standard InChI is InChI=1S/C20H23N3O4S/c1-21-28(26,27)16-11-6-14(7-12-16)8-13-19(24)23-18-5-3-2-4-17(18)20(25)22-15-9-10-15/h2-7,11-12,15,21H,8-10,13H2,1H3,(H,22,25)(H,23,24). The van der Waals surface area contributed by atoms with Crippen molar-refractivity contribution in [3.63, 3.8) is 0 Å². The summed E-state index contributed by atoms with van der Waals surface area (Å²) in [5.74, 6) is -0.390. The first-order valence-electron chi connectivity index (χ1n) is 9.11. The van der Waals surface area contributed by atoms with Gasteiger partial charge in [0.05, 0.1) is 16.1 Å². The zero-order chi connectivity index (χ0) is 20.1. The molecule has 3 N–H and O–H groups in total. The first-order chi connectivity index (χ1) is 13.4. The Morgan fingerprint density at radius 2 is 1.71 bits per heavy atom. The molecule has 0 bridgehead atoms. The summed E-state index contributed by atoms with van der Waals surface area (Å²) in [5.41, 5.74) is 1.79. The Kier molecular flexibility index (Phi) is 6.11. The third-order valence-corrected chi connectivity index (χ3v) is 5.93. The van der Waals surface area contributed by atoms with E-state index in [1.807, 2.05) is 0 Å². The van der Waals surface area contributed by atoms with Gasteiger partial charge in [-0.1, -0.05) is 24.3 Å². The van der Waals surface area contributed by atoms with E-state index in [-0.39, 0.29) is 29.2 Å². The van der Waals surface area contributed by atoms with Crippen LogP contribution in [0.3, 0.4) is 0 Å². The predicted octanol–water partition coefficient (Wildman–Crippen LogP) is 2.06. The van der Waals surface area contributed by atoms with Crippen LogP contribution in [0.2, 0.25) is 0 Å². The summed E-state index contributed by atoms with van der Waals surface area (Å²) >= 11 is 0. The van der Waals surface area contributed by atoms with E-state index in [1.54, 1.807) is 36.4 Å². The molecule has 2 amide bonds. The fourth-order valence-corrected chi connectivity index (χ4v) is 3.43. The predicted molar refractivity (Wildman–Crippen MR) is 107 cm³/mol. The number of anilines is 1. The molecule has 1 aliphatic carbocycles. The SMILES string of the molecule is CNS(=O)(=O)c1ccc(CCC(=O)Nc2ccccc2C(=O)NC2CC2)cc1. The van der Waals surface area contributed by atoms with Crippen LogP contribution in [0.1, 0.15) is 35.2 Å². The van der Waals surface area contributed by atoms with Crippen LogP contribution in [0.4, 0.5) is 5.69 Å². The van der Waals surface area contributed by atoms with Crippen molar-refractivity contribution in [1.29, 1.82) is 0 Å². The van der Waals surface area contributed by atoms with E-state index in [2.05, 4.69) is 15.4 Å². The number of rotatable bonds is 8. The first kappa shape index (κ1) is 20.0. The second kappa shape index (κ2) is 8.53. The van der Waals surface area contributed by atoms with Crippen LogP contribution in [-0.2, 0) is 21.2 Å². The molecule has 1 aliphatic rings. The van der Waals surface area contributed by atoms with Crippen LogP contribution in [-0.4, -0.2) is 33.3 Å². The summed E-state index contributed by atoms with van der Waals surface area (Å²) in [6, 6.07) is 13.6. The number of carbonyl (C=O) groups is 2. The summed E-state index contributed by atoms with van der Waals surface area (Å²) in [6.45, 7) is 0. The van der Waals surface area contributed by atoms with Crippen molar-refractivity contribution in [3.05, 3.63) is 59.7 Å². The Hall–Kier alpha value is -2.71. The number of hydrogen-bond acceptors (Lipinski definition) is 4. The van der Waals surface area contributed by atoms with Gasteiger partial charge < -0.3 is 10.6 Å². The summed E-state index contributed by atoms with van der Waals surface area (Å²) < 4.78 is 25.7. The molecule has 148 valence electrons. The van der Waals surface area contributed by atoms with Crippen LogP contribution in [0.5, 0.6) is 0 Å². The maximum atomic E-state index is 12.3. The highest BCUT2D eigenvalue weighted by molar-refractivity contribution is 7.89. The lowest BCUT2D eigenvalue weighted by Crippen LogP contribution is -2.27. The molecule has 0 radical (unpaired) electrons. The molecule has 8 heteroatoms. The molecule has 28 heavy (non-hydrogen) atoms. The number of para-hydroxylation sites is 1. The third kappa shape index (κ3) is 5.17. The van der Waals surface area contributed by atoms with Crippen LogP contribution in [0.25, 0.3) is 0 Å². The number of benzene rings is 2. The second-order valence-corrected chi connectivity index (χ2v) is 8.58. The van der Waals surface area contributed by atoms with Crippen molar-refractivity contribution < 1.29 is 18.0 Å². The van der Waals surface area contributed by atoms with Crippen LogP contribution in [0, 0.1) is 0 Å². The number of hydrogen-bond donors (Lipinski definition) is 3. The highest BCUT2D eigenvalue weighted by Gasteiger charge is 2.25. The van der Waals surface area contributed by atoms with Gasteiger partial charge >= 0.3 is 0 Å². The molecule has 0 spiro atoms. The molecule has 0 heterocycles. The average Bonchev–Trinajstić information content (AvgIpc) is 3.51. The Morgan fingerprint density at radius 3 is 2.36 bits per heavy atom. The Bertz CT molecular complexity index is 967. The lowest BCUT2D eigenvalue weighted by molar-refractivity contribution is -0.116. The number of aryl methyl sites for hydroxylation is 1. The van der Waals surface area contributed by atoms with Crippen molar-refractivity contribution >= 4 is 27.5 Å². The van der Waals surface area contributed by atoms with Gasteiger partial charge in [0.15, 0.2) is 0 Å². The van der Waals surface area contributed by atoms with Crippen molar-refractivity contribution in [2.45, 2.75) is 36.6 Å². The van der Waals surface area contributed by atoms with Crippen LogP contribution < -0.4 is 15.4 Å². The van der Waals surface area contributed by atoms with E-state index >= 15 is 0 Å². The molecule has 2 aromatic rings. The van der Waals surface area contributed by atoms with Gasteiger partial charge in [-0.3, -0.25) is 9.59 Å². The summed E-state index contributed by atoms with van der Waals surface area (Å²) in [4.78, 5) is 24.8. The van der Waals surface area contributed by atoms with Gasteiger partial charge in [0, 0.05) is 12.5 Å².